The number of halogens is 1. The minimum atomic E-state index is -2.86. The second kappa shape index (κ2) is 4.44. The highest BCUT2D eigenvalue weighted by Gasteiger charge is 2.15. The topological polar surface area (TPSA) is 46.2 Å². The fraction of sp³-hybridized carbons (Fsp3) is 1.00. The molecule has 0 aromatic heterocycles. The van der Waals surface area contributed by atoms with Gasteiger partial charge in [-0.25, -0.2) is 8.42 Å². The molecule has 0 unspecified atom stereocenters. The molecule has 1 N–H and O–H groups in total. The molecule has 0 saturated carbocycles. The Morgan fingerprint density at radius 3 is 2.25 bits per heavy atom. The van der Waals surface area contributed by atoms with Gasteiger partial charge in [-0.1, -0.05) is 0 Å². The van der Waals surface area contributed by atoms with Crippen LogP contribution < -0.4 is 5.32 Å². The van der Waals surface area contributed by atoms with Gasteiger partial charge >= 0.3 is 0 Å². The summed E-state index contributed by atoms with van der Waals surface area (Å²) in [4.78, 5) is 0. The Labute approximate surface area is 79.4 Å². The standard InChI is InChI=1S/C7H16ClNO2S/c1-7(2,6-8)9-4-5-12(3,10)11/h9H,4-6H2,1-3H3. The number of sulfone groups is 1. The van der Waals surface area contributed by atoms with Crippen molar-refractivity contribution in [1.29, 1.82) is 0 Å². The average molecular weight is 214 g/mol. The average Bonchev–Trinajstić information content (AvgIpc) is 1.84. The highest BCUT2D eigenvalue weighted by atomic mass is 35.5. The van der Waals surface area contributed by atoms with E-state index < -0.39 is 9.84 Å². The molecule has 0 aliphatic rings. The van der Waals surface area contributed by atoms with Gasteiger partial charge in [0.15, 0.2) is 0 Å². The van der Waals surface area contributed by atoms with Crippen LogP contribution in [-0.4, -0.2) is 38.4 Å². The Kier molecular flexibility index (Phi) is 4.51. The Bertz CT molecular complexity index is 224. The molecular weight excluding hydrogens is 198 g/mol. The summed E-state index contributed by atoms with van der Waals surface area (Å²) in [5.74, 6) is 0.629. The van der Waals surface area contributed by atoms with E-state index in [1.807, 2.05) is 13.8 Å². The van der Waals surface area contributed by atoms with E-state index in [0.717, 1.165) is 0 Å². The highest BCUT2D eigenvalue weighted by molar-refractivity contribution is 7.90. The van der Waals surface area contributed by atoms with E-state index in [2.05, 4.69) is 5.32 Å². The van der Waals surface area contributed by atoms with Crippen LogP contribution in [0.15, 0.2) is 0 Å². The number of hydrogen-bond donors (Lipinski definition) is 1. The Hall–Kier alpha value is 0.200. The second-order valence-corrected chi connectivity index (χ2v) is 6.10. The summed E-state index contributed by atoms with van der Waals surface area (Å²) in [6.07, 6.45) is 1.22. The van der Waals surface area contributed by atoms with E-state index in [9.17, 15) is 8.42 Å². The van der Waals surface area contributed by atoms with E-state index in [0.29, 0.717) is 12.4 Å². The van der Waals surface area contributed by atoms with E-state index in [4.69, 9.17) is 11.6 Å². The highest BCUT2D eigenvalue weighted by Crippen LogP contribution is 2.03. The van der Waals surface area contributed by atoms with E-state index in [1.54, 1.807) is 0 Å². The third kappa shape index (κ3) is 6.88. The molecule has 0 bridgehead atoms. The smallest absolute Gasteiger partial charge is 0.148 e. The fourth-order valence-corrected chi connectivity index (χ4v) is 1.19. The molecule has 0 aromatic carbocycles. The van der Waals surface area contributed by atoms with Crippen molar-refractivity contribution in [2.75, 3.05) is 24.4 Å². The van der Waals surface area contributed by atoms with Gasteiger partial charge in [-0.15, -0.1) is 11.6 Å². The molecular formula is C7H16ClNO2S. The van der Waals surface area contributed by atoms with Crippen LogP contribution in [0.25, 0.3) is 0 Å². The summed E-state index contributed by atoms with van der Waals surface area (Å²) in [5, 5.41) is 3.05. The first-order chi connectivity index (χ1) is 5.27. The monoisotopic (exact) mass is 213 g/mol. The molecule has 0 spiro atoms. The van der Waals surface area contributed by atoms with E-state index in [-0.39, 0.29) is 11.3 Å². The normalized spacial score (nSPS) is 13.3. The minimum absolute atomic E-state index is 0.160. The van der Waals surface area contributed by atoms with Crippen molar-refractivity contribution < 1.29 is 8.42 Å². The van der Waals surface area contributed by atoms with E-state index >= 15 is 0 Å². The van der Waals surface area contributed by atoms with Crippen molar-refractivity contribution in [3.8, 4) is 0 Å². The first kappa shape index (κ1) is 12.2. The summed E-state index contributed by atoms with van der Waals surface area (Å²) in [5.41, 5.74) is -0.188. The fourth-order valence-electron chi connectivity index (χ4n) is 0.622. The molecule has 0 amide bonds. The maximum Gasteiger partial charge on any atom is 0.148 e. The number of hydrogen-bond acceptors (Lipinski definition) is 3. The van der Waals surface area contributed by atoms with Crippen LogP contribution in [0.1, 0.15) is 13.8 Å². The third-order valence-corrected chi connectivity index (χ3v) is 3.02. The van der Waals surface area contributed by atoms with Gasteiger partial charge in [0.25, 0.3) is 0 Å². The number of alkyl halides is 1. The third-order valence-electron chi connectivity index (χ3n) is 1.41. The first-order valence-corrected chi connectivity index (χ1v) is 6.35. The minimum Gasteiger partial charge on any atom is -0.310 e. The summed E-state index contributed by atoms with van der Waals surface area (Å²) < 4.78 is 21.5. The van der Waals surface area contributed by atoms with Gasteiger partial charge < -0.3 is 5.32 Å². The molecule has 0 saturated heterocycles. The van der Waals surface area contributed by atoms with Crippen LogP contribution >= 0.6 is 11.6 Å². The molecule has 12 heavy (non-hydrogen) atoms. The van der Waals surface area contributed by atoms with Crippen molar-refractivity contribution >= 4 is 21.4 Å². The lowest BCUT2D eigenvalue weighted by molar-refractivity contribution is 0.444. The molecule has 5 heteroatoms. The zero-order valence-electron chi connectivity index (χ0n) is 7.72. The molecule has 74 valence electrons. The number of rotatable bonds is 5. The summed E-state index contributed by atoms with van der Waals surface area (Å²) in [6, 6.07) is 0. The van der Waals surface area contributed by atoms with Gasteiger partial charge in [0, 0.05) is 24.2 Å². The SMILES string of the molecule is CC(C)(CCl)NCCS(C)(=O)=O. The Morgan fingerprint density at radius 2 is 1.92 bits per heavy atom. The largest absolute Gasteiger partial charge is 0.310 e. The molecule has 0 radical (unpaired) electrons. The van der Waals surface area contributed by atoms with Gasteiger partial charge in [0.2, 0.25) is 0 Å². The van der Waals surface area contributed by atoms with Gasteiger partial charge in [0.1, 0.15) is 9.84 Å². The zero-order chi connectivity index (χ0) is 9.83. The van der Waals surface area contributed by atoms with Gasteiger partial charge in [-0.3, -0.25) is 0 Å². The van der Waals surface area contributed by atoms with Crippen LogP contribution in [0.3, 0.4) is 0 Å². The van der Waals surface area contributed by atoms with Crippen LogP contribution in [0.5, 0.6) is 0 Å². The molecule has 3 nitrogen and oxygen atoms in total. The number of nitrogens with one attached hydrogen (secondary N) is 1. The van der Waals surface area contributed by atoms with Gasteiger partial charge in [-0.2, -0.15) is 0 Å². The molecule has 0 aromatic rings. The molecule has 0 aliphatic carbocycles. The van der Waals surface area contributed by atoms with Crippen molar-refractivity contribution in [3.63, 3.8) is 0 Å². The Morgan fingerprint density at radius 1 is 1.42 bits per heavy atom. The Balaban J connectivity index is 3.72. The van der Waals surface area contributed by atoms with Crippen molar-refractivity contribution in [2.45, 2.75) is 19.4 Å². The molecule has 0 atom stereocenters. The maximum atomic E-state index is 10.7. The quantitative estimate of drug-likeness (QED) is 0.682. The summed E-state index contributed by atoms with van der Waals surface area (Å²) in [6.45, 7) is 4.32. The predicted molar refractivity (Wildman–Crippen MR) is 52.5 cm³/mol. The lowest BCUT2D eigenvalue weighted by Gasteiger charge is -2.22. The second-order valence-electron chi connectivity index (χ2n) is 3.57. The molecule has 0 rings (SSSR count). The molecule has 0 aliphatic heterocycles. The zero-order valence-corrected chi connectivity index (χ0v) is 9.30. The maximum absolute atomic E-state index is 10.7. The van der Waals surface area contributed by atoms with Crippen LogP contribution in [-0.2, 0) is 9.84 Å². The predicted octanol–water partition coefficient (Wildman–Crippen LogP) is 0.638. The van der Waals surface area contributed by atoms with Crippen molar-refractivity contribution in [2.24, 2.45) is 0 Å². The van der Waals surface area contributed by atoms with Crippen LogP contribution in [0, 0.1) is 0 Å². The van der Waals surface area contributed by atoms with Gasteiger partial charge in [0.05, 0.1) is 5.75 Å². The van der Waals surface area contributed by atoms with Crippen LogP contribution in [0.4, 0.5) is 0 Å². The summed E-state index contributed by atoms with van der Waals surface area (Å²) in [7, 11) is -2.86. The molecule has 0 fully saturated rings. The van der Waals surface area contributed by atoms with E-state index in [1.165, 1.54) is 6.26 Å². The summed E-state index contributed by atoms with van der Waals surface area (Å²) >= 11 is 5.63. The van der Waals surface area contributed by atoms with Crippen molar-refractivity contribution in [3.05, 3.63) is 0 Å². The van der Waals surface area contributed by atoms with Crippen LogP contribution in [0.2, 0.25) is 0 Å². The lowest BCUT2D eigenvalue weighted by atomic mass is 10.1. The molecule has 0 heterocycles. The van der Waals surface area contributed by atoms with Gasteiger partial charge in [-0.05, 0) is 13.8 Å². The van der Waals surface area contributed by atoms with Crippen molar-refractivity contribution in [1.82, 2.24) is 5.32 Å². The first-order valence-electron chi connectivity index (χ1n) is 3.75. The lowest BCUT2D eigenvalue weighted by Crippen LogP contribution is -2.43.